The molecule has 2 heterocycles. The van der Waals surface area contributed by atoms with Gasteiger partial charge in [-0.3, -0.25) is 9.69 Å². The van der Waals surface area contributed by atoms with Gasteiger partial charge in [0.2, 0.25) is 0 Å². The fraction of sp³-hybridized carbons (Fsp3) is 0.138. The third-order valence-electron chi connectivity index (χ3n) is 6.05. The summed E-state index contributed by atoms with van der Waals surface area (Å²) in [6.45, 7) is 4.43. The van der Waals surface area contributed by atoms with Crippen LogP contribution in [0, 0.1) is 0 Å². The predicted octanol–water partition coefficient (Wildman–Crippen LogP) is 7.55. The minimum Gasteiger partial charge on any atom is -0.492 e. The molecular weight excluding hydrogens is 522 g/mol. The average Bonchev–Trinajstić information content (AvgIpc) is 3.46. The number of thiocarbonyl (C=S) groups is 1. The molecule has 1 saturated heterocycles. The van der Waals surface area contributed by atoms with Crippen molar-refractivity contribution in [3.05, 3.63) is 106 Å². The van der Waals surface area contributed by atoms with E-state index < -0.39 is 0 Å². The summed E-state index contributed by atoms with van der Waals surface area (Å²) in [7, 11) is 0. The van der Waals surface area contributed by atoms with Crippen LogP contribution >= 0.6 is 35.6 Å². The highest BCUT2D eigenvalue weighted by Gasteiger charge is 2.36. The van der Waals surface area contributed by atoms with E-state index in [1.165, 1.54) is 11.8 Å². The molecule has 0 aliphatic carbocycles. The van der Waals surface area contributed by atoms with Crippen LogP contribution in [0.5, 0.6) is 5.75 Å². The molecule has 1 aliphatic heterocycles. The van der Waals surface area contributed by atoms with Crippen LogP contribution < -0.4 is 4.74 Å². The van der Waals surface area contributed by atoms with Crippen LogP contribution in [0.25, 0.3) is 23.0 Å². The Bertz CT molecular complexity index is 1490. The van der Waals surface area contributed by atoms with Crippen molar-refractivity contribution in [1.29, 1.82) is 0 Å². The quantitative estimate of drug-likeness (QED) is 0.177. The van der Waals surface area contributed by atoms with Gasteiger partial charge in [-0.15, -0.1) is 0 Å². The van der Waals surface area contributed by atoms with Gasteiger partial charge in [0.15, 0.2) is 0 Å². The zero-order valence-corrected chi connectivity index (χ0v) is 22.7. The van der Waals surface area contributed by atoms with Gasteiger partial charge >= 0.3 is 0 Å². The molecule has 4 aromatic rings. The van der Waals surface area contributed by atoms with Gasteiger partial charge in [0.05, 0.1) is 28.3 Å². The van der Waals surface area contributed by atoms with Crippen molar-refractivity contribution < 1.29 is 9.53 Å². The van der Waals surface area contributed by atoms with E-state index in [1.807, 2.05) is 105 Å². The Balaban J connectivity index is 1.55. The molecule has 186 valence electrons. The lowest BCUT2D eigenvalue weighted by Crippen LogP contribution is -2.30. The number of carbonyl (C=O) groups is 1. The van der Waals surface area contributed by atoms with E-state index in [-0.39, 0.29) is 11.9 Å². The van der Waals surface area contributed by atoms with Crippen molar-refractivity contribution >= 4 is 51.9 Å². The first kappa shape index (κ1) is 25.3. The van der Waals surface area contributed by atoms with Crippen molar-refractivity contribution in [2.75, 3.05) is 6.61 Å². The van der Waals surface area contributed by atoms with E-state index in [9.17, 15) is 4.79 Å². The molecule has 0 N–H and O–H groups in total. The molecule has 37 heavy (non-hydrogen) atoms. The van der Waals surface area contributed by atoms with E-state index in [1.54, 1.807) is 9.58 Å². The fourth-order valence-corrected chi connectivity index (χ4v) is 5.83. The third-order valence-corrected chi connectivity index (χ3v) is 7.67. The number of ether oxygens (including phenoxy) is 1. The number of hydrogen-bond donors (Lipinski definition) is 0. The molecule has 1 aromatic heterocycles. The van der Waals surface area contributed by atoms with E-state index in [0.29, 0.717) is 32.3 Å². The van der Waals surface area contributed by atoms with Gasteiger partial charge in [0.1, 0.15) is 15.8 Å². The van der Waals surface area contributed by atoms with Crippen LogP contribution in [0.15, 0.2) is 90.0 Å². The van der Waals surface area contributed by atoms with E-state index in [0.717, 1.165) is 22.4 Å². The van der Waals surface area contributed by atoms with Crippen molar-refractivity contribution in [1.82, 2.24) is 14.7 Å². The molecule has 5 rings (SSSR count). The molecule has 0 unspecified atom stereocenters. The third kappa shape index (κ3) is 5.21. The summed E-state index contributed by atoms with van der Waals surface area (Å²) in [5, 5.41) is 5.36. The number of aromatic nitrogens is 2. The van der Waals surface area contributed by atoms with Crippen LogP contribution in [0.1, 0.15) is 31.0 Å². The first-order valence-electron chi connectivity index (χ1n) is 11.9. The highest BCUT2D eigenvalue weighted by Crippen LogP contribution is 2.39. The fourth-order valence-electron chi connectivity index (χ4n) is 4.19. The molecule has 0 radical (unpaired) electrons. The van der Waals surface area contributed by atoms with Crippen LogP contribution in [-0.4, -0.2) is 31.5 Å². The van der Waals surface area contributed by atoms with Crippen molar-refractivity contribution in [3.63, 3.8) is 0 Å². The molecule has 0 bridgehead atoms. The number of halogens is 1. The molecule has 1 fully saturated rings. The topological polar surface area (TPSA) is 47.4 Å². The Kier molecular flexibility index (Phi) is 7.46. The van der Waals surface area contributed by atoms with Gasteiger partial charge in [-0.1, -0.05) is 84.1 Å². The standard InChI is InChI=1S/C29H24ClN3O2S2/c1-3-35-25-15-14-21(16-24(25)30)27-22(18-32(31-27)23-12-8-5-9-13-23)17-26-28(34)33(29(36)37-26)19(2)20-10-6-4-7-11-20/h4-19H,3H2,1-2H3/b26-17-/t19-/m1/s1. The lowest BCUT2D eigenvalue weighted by molar-refractivity contribution is -0.123. The second-order valence-electron chi connectivity index (χ2n) is 8.43. The smallest absolute Gasteiger partial charge is 0.266 e. The number of carbonyl (C=O) groups excluding carboxylic acids is 1. The van der Waals surface area contributed by atoms with Gasteiger partial charge in [-0.25, -0.2) is 4.68 Å². The number of benzene rings is 3. The average molecular weight is 546 g/mol. The molecule has 1 aliphatic rings. The van der Waals surface area contributed by atoms with Gasteiger partial charge in [-0.05, 0) is 55.8 Å². The molecule has 0 saturated carbocycles. The van der Waals surface area contributed by atoms with E-state index in [4.69, 9.17) is 33.7 Å². The molecule has 1 amide bonds. The molecule has 3 aromatic carbocycles. The number of amides is 1. The largest absolute Gasteiger partial charge is 0.492 e. The van der Waals surface area contributed by atoms with Crippen LogP contribution in [0.4, 0.5) is 0 Å². The van der Waals surface area contributed by atoms with Gasteiger partial charge in [0, 0.05) is 17.3 Å². The summed E-state index contributed by atoms with van der Waals surface area (Å²) in [6, 6.07) is 25.2. The molecule has 5 nitrogen and oxygen atoms in total. The second kappa shape index (κ2) is 10.9. The summed E-state index contributed by atoms with van der Waals surface area (Å²) in [6.07, 6.45) is 3.78. The summed E-state index contributed by atoms with van der Waals surface area (Å²) in [4.78, 5) is 15.7. The summed E-state index contributed by atoms with van der Waals surface area (Å²) in [5.41, 5.74) is 4.25. The zero-order chi connectivity index (χ0) is 25.9. The van der Waals surface area contributed by atoms with Crippen LogP contribution in [0.2, 0.25) is 5.02 Å². The monoisotopic (exact) mass is 545 g/mol. The number of nitrogens with zero attached hydrogens (tertiary/aromatic N) is 3. The first-order chi connectivity index (χ1) is 18.0. The maximum Gasteiger partial charge on any atom is 0.266 e. The van der Waals surface area contributed by atoms with Crippen molar-refractivity contribution in [3.8, 4) is 22.7 Å². The Morgan fingerprint density at radius 1 is 1.08 bits per heavy atom. The maximum atomic E-state index is 13.5. The minimum atomic E-state index is -0.170. The molecule has 1 atom stereocenters. The minimum absolute atomic E-state index is 0.116. The second-order valence-corrected chi connectivity index (χ2v) is 10.5. The number of hydrogen-bond acceptors (Lipinski definition) is 5. The number of thioether (sulfide) groups is 1. The molecule has 0 spiro atoms. The lowest BCUT2D eigenvalue weighted by atomic mass is 10.1. The van der Waals surface area contributed by atoms with Gasteiger partial charge in [0.25, 0.3) is 5.91 Å². The lowest BCUT2D eigenvalue weighted by Gasteiger charge is -2.23. The summed E-state index contributed by atoms with van der Waals surface area (Å²) < 4.78 is 7.94. The normalized spacial score (nSPS) is 15.4. The first-order valence-corrected chi connectivity index (χ1v) is 13.5. The predicted molar refractivity (Wildman–Crippen MR) is 155 cm³/mol. The highest BCUT2D eigenvalue weighted by atomic mass is 35.5. The Morgan fingerprint density at radius 2 is 1.78 bits per heavy atom. The molecular formula is C29H24ClN3O2S2. The Labute approximate surface area is 230 Å². The summed E-state index contributed by atoms with van der Waals surface area (Å²) in [5.74, 6) is 0.502. The highest BCUT2D eigenvalue weighted by molar-refractivity contribution is 8.26. The summed E-state index contributed by atoms with van der Waals surface area (Å²) >= 11 is 13.4. The van der Waals surface area contributed by atoms with E-state index >= 15 is 0 Å². The maximum absolute atomic E-state index is 13.5. The van der Waals surface area contributed by atoms with Crippen molar-refractivity contribution in [2.45, 2.75) is 19.9 Å². The van der Waals surface area contributed by atoms with Crippen LogP contribution in [0.3, 0.4) is 0 Å². The van der Waals surface area contributed by atoms with Gasteiger partial charge < -0.3 is 4.74 Å². The Hall–Kier alpha value is -3.39. The SMILES string of the molecule is CCOc1ccc(-c2nn(-c3ccccc3)cc2/C=C2\SC(=S)N([C@H](C)c3ccccc3)C2=O)cc1Cl. The van der Waals surface area contributed by atoms with Gasteiger partial charge in [-0.2, -0.15) is 5.10 Å². The van der Waals surface area contributed by atoms with E-state index in [2.05, 4.69) is 0 Å². The zero-order valence-electron chi connectivity index (χ0n) is 20.3. The Morgan fingerprint density at radius 3 is 2.46 bits per heavy atom. The number of rotatable bonds is 7. The molecule has 8 heteroatoms. The number of para-hydroxylation sites is 1. The van der Waals surface area contributed by atoms with Crippen LogP contribution in [-0.2, 0) is 4.79 Å². The van der Waals surface area contributed by atoms with Crippen molar-refractivity contribution in [2.24, 2.45) is 0 Å².